The third-order valence-electron chi connectivity index (χ3n) is 7.11. The lowest BCUT2D eigenvalue weighted by Gasteiger charge is -2.36. The normalized spacial score (nSPS) is 14.0. The molecule has 1 aliphatic heterocycles. The zero-order valence-corrected chi connectivity index (χ0v) is 22.0. The van der Waals surface area contributed by atoms with E-state index in [1.807, 2.05) is 30.3 Å². The van der Waals surface area contributed by atoms with Crippen molar-refractivity contribution in [2.75, 3.05) is 36.4 Å². The third kappa shape index (κ3) is 6.56. The lowest BCUT2D eigenvalue weighted by Crippen LogP contribution is -2.45. The second-order valence-electron chi connectivity index (χ2n) is 9.81. The van der Waals surface area contributed by atoms with Crippen LogP contribution >= 0.6 is 0 Å². The van der Waals surface area contributed by atoms with Gasteiger partial charge in [-0.2, -0.15) is 18.4 Å². The molecule has 9 heteroatoms. The van der Waals surface area contributed by atoms with Gasteiger partial charge in [-0.3, -0.25) is 9.69 Å². The molecule has 1 heterocycles. The summed E-state index contributed by atoms with van der Waals surface area (Å²) in [5.41, 5.74) is 3.24. The lowest BCUT2D eigenvalue weighted by atomic mass is 9.98. The van der Waals surface area contributed by atoms with E-state index in [0.29, 0.717) is 28.9 Å². The van der Waals surface area contributed by atoms with E-state index < -0.39 is 17.6 Å². The Morgan fingerprint density at radius 1 is 0.878 bits per heavy atom. The SMILES string of the molecule is N#Cc1cc(CN2CCN(c3ccc(NC(=O)c4ccccc4-c4ccc(C(F)(F)F)cc4)cc3)CC2)ccc1F. The first-order valence-electron chi connectivity index (χ1n) is 13.1. The quantitative estimate of drug-likeness (QED) is 0.260. The molecule has 0 aromatic heterocycles. The molecule has 5 nitrogen and oxygen atoms in total. The molecule has 4 aromatic rings. The minimum absolute atomic E-state index is 0.0522. The molecular weight excluding hydrogens is 532 g/mol. The van der Waals surface area contributed by atoms with Crippen LogP contribution in [-0.2, 0) is 12.7 Å². The molecule has 0 radical (unpaired) electrons. The largest absolute Gasteiger partial charge is 0.416 e. The van der Waals surface area contributed by atoms with Crippen molar-refractivity contribution >= 4 is 17.3 Å². The van der Waals surface area contributed by atoms with Crippen LogP contribution in [0, 0.1) is 17.1 Å². The number of hydrogen-bond donors (Lipinski definition) is 1. The number of carbonyl (C=O) groups excluding carboxylic acids is 1. The molecule has 5 rings (SSSR count). The molecule has 1 fully saturated rings. The molecule has 1 amide bonds. The van der Waals surface area contributed by atoms with Gasteiger partial charge in [0.05, 0.1) is 11.1 Å². The Morgan fingerprint density at radius 2 is 1.56 bits per heavy atom. The molecule has 0 bridgehead atoms. The predicted octanol–water partition coefficient (Wildman–Crippen LogP) is 6.96. The molecule has 4 aromatic carbocycles. The predicted molar refractivity (Wildman–Crippen MR) is 150 cm³/mol. The molecule has 0 unspecified atom stereocenters. The van der Waals surface area contributed by atoms with Gasteiger partial charge in [0, 0.05) is 49.7 Å². The number of anilines is 2. The van der Waals surface area contributed by atoms with Gasteiger partial charge in [-0.15, -0.1) is 0 Å². The van der Waals surface area contributed by atoms with Crippen LogP contribution in [-0.4, -0.2) is 37.0 Å². The van der Waals surface area contributed by atoms with Crippen LogP contribution in [0.2, 0.25) is 0 Å². The summed E-state index contributed by atoms with van der Waals surface area (Å²) in [6.07, 6.45) is -4.43. The number of amides is 1. The number of benzene rings is 4. The fourth-order valence-corrected chi connectivity index (χ4v) is 4.90. The summed E-state index contributed by atoms with van der Waals surface area (Å²) < 4.78 is 52.5. The van der Waals surface area contributed by atoms with E-state index in [1.54, 1.807) is 36.4 Å². The first-order chi connectivity index (χ1) is 19.7. The Kier molecular flexibility index (Phi) is 8.04. The topological polar surface area (TPSA) is 59.4 Å². The van der Waals surface area contributed by atoms with Crippen LogP contribution in [0.4, 0.5) is 28.9 Å². The van der Waals surface area contributed by atoms with E-state index in [1.165, 1.54) is 18.2 Å². The molecule has 0 atom stereocenters. The van der Waals surface area contributed by atoms with Crippen molar-refractivity contribution in [1.29, 1.82) is 5.26 Å². The Hall–Kier alpha value is -4.68. The maximum absolute atomic E-state index is 13.6. The van der Waals surface area contributed by atoms with Gasteiger partial charge in [-0.25, -0.2) is 4.39 Å². The molecular formula is C32H26F4N4O. The van der Waals surface area contributed by atoms with Gasteiger partial charge in [0.25, 0.3) is 5.91 Å². The Labute approximate surface area is 235 Å². The number of carbonyl (C=O) groups is 1. The number of rotatable bonds is 6. The number of alkyl halides is 3. The fourth-order valence-electron chi connectivity index (χ4n) is 4.90. The highest BCUT2D eigenvalue weighted by molar-refractivity contribution is 6.08. The van der Waals surface area contributed by atoms with Gasteiger partial charge < -0.3 is 10.2 Å². The Balaban J connectivity index is 1.20. The number of nitrogens with one attached hydrogen (secondary N) is 1. The maximum atomic E-state index is 13.6. The van der Waals surface area contributed by atoms with Crippen molar-refractivity contribution in [3.05, 3.63) is 119 Å². The molecule has 0 saturated carbocycles. The van der Waals surface area contributed by atoms with Crippen molar-refractivity contribution in [1.82, 2.24) is 4.90 Å². The second kappa shape index (κ2) is 11.8. The van der Waals surface area contributed by atoms with E-state index >= 15 is 0 Å². The van der Waals surface area contributed by atoms with Crippen LogP contribution in [0.15, 0.2) is 91.0 Å². The maximum Gasteiger partial charge on any atom is 0.416 e. The number of piperazine rings is 1. The van der Waals surface area contributed by atoms with Crippen molar-refractivity contribution in [2.45, 2.75) is 12.7 Å². The van der Waals surface area contributed by atoms with E-state index in [-0.39, 0.29) is 11.5 Å². The van der Waals surface area contributed by atoms with Gasteiger partial charge >= 0.3 is 6.18 Å². The molecule has 208 valence electrons. The summed E-state index contributed by atoms with van der Waals surface area (Å²) in [5.74, 6) is -0.869. The summed E-state index contributed by atoms with van der Waals surface area (Å²) in [6.45, 7) is 3.83. The van der Waals surface area contributed by atoms with Gasteiger partial charge in [-0.1, -0.05) is 36.4 Å². The monoisotopic (exact) mass is 558 g/mol. The molecule has 41 heavy (non-hydrogen) atoms. The first kappa shape index (κ1) is 27.9. The lowest BCUT2D eigenvalue weighted by molar-refractivity contribution is -0.137. The fraction of sp³-hybridized carbons (Fsp3) is 0.188. The van der Waals surface area contributed by atoms with E-state index in [2.05, 4.69) is 15.1 Å². The molecule has 1 aliphatic rings. The zero-order valence-electron chi connectivity index (χ0n) is 22.0. The van der Waals surface area contributed by atoms with E-state index in [9.17, 15) is 22.4 Å². The highest BCUT2D eigenvalue weighted by Crippen LogP contribution is 2.32. The minimum atomic E-state index is -4.43. The summed E-state index contributed by atoms with van der Waals surface area (Å²) in [4.78, 5) is 17.6. The van der Waals surface area contributed by atoms with Crippen molar-refractivity contribution in [3.63, 3.8) is 0 Å². The molecule has 1 saturated heterocycles. The summed E-state index contributed by atoms with van der Waals surface area (Å²) in [6, 6.07) is 25.6. The van der Waals surface area contributed by atoms with Gasteiger partial charge in [0.2, 0.25) is 0 Å². The van der Waals surface area contributed by atoms with Crippen LogP contribution in [0.3, 0.4) is 0 Å². The van der Waals surface area contributed by atoms with Gasteiger partial charge in [-0.05, 0) is 71.3 Å². The molecule has 1 N–H and O–H groups in total. The van der Waals surface area contributed by atoms with Crippen molar-refractivity contribution in [2.24, 2.45) is 0 Å². The van der Waals surface area contributed by atoms with Crippen LogP contribution in [0.5, 0.6) is 0 Å². The highest BCUT2D eigenvalue weighted by Gasteiger charge is 2.30. The first-order valence-corrected chi connectivity index (χ1v) is 13.1. The van der Waals surface area contributed by atoms with E-state index in [0.717, 1.165) is 49.6 Å². The van der Waals surface area contributed by atoms with Crippen molar-refractivity contribution < 1.29 is 22.4 Å². The average molecular weight is 559 g/mol. The summed E-state index contributed by atoms with van der Waals surface area (Å²) >= 11 is 0. The number of hydrogen-bond acceptors (Lipinski definition) is 4. The highest BCUT2D eigenvalue weighted by atomic mass is 19.4. The number of nitriles is 1. The van der Waals surface area contributed by atoms with Crippen LogP contribution < -0.4 is 10.2 Å². The van der Waals surface area contributed by atoms with Crippen LogP contribution in [0.25, 0.3) is 11.1 Å². The van der Waals surface area contributed by atoms with Gasteiger partial charge in [0.1, 0.15) is 11.9 Å². The molecule has 0 spiro atoms. The Bertz CT molecular complexity index is 1570. The summed E-state index contributed by atoms with van der Waals surface area (Å²) in [5, 5.41) is 11.9. The summed E-state index contributed by atoms with van der Waals surface area (Å²) in [7, 11) is 0. The number of halogens is 4. The standard InChI is InChI=1S/C32H26F4N4O/c33-30-14-5-22(19-24(30)20-37)21-39-15-17-40(18-16-39)27-12-10-26(11-13-27)38-31(41)29-4-2-1-3-28(29)23-6-8-25(9-7-23)32(34,35)36/h1-14,19H,15-18,21H2,(H,38,41). The smallest absolute Gasteiger partial charge is 0.369 e. The second-order valence-corrected chi connectivity index (χ2v) is 9.81. The van der Waals surface area contributed by atoms with Gasteiger partial charge in [0.15, 0.2) is 0 Å². The molecule has 0 aliphatic carbocycles. The van der Waals surface area contributed by atoms with Crippen LogP contribution in [0.1, 0.15) is 27.0 Å². The third-order valence-corrected chi connectivity index (χ3v) is 7.11. The van der Waals surface area contributed by atoms with Crippen molar-refractivity contribution in [3.8, 4) is 17.2 Å². The zero-order chi connectivity index (χ0) is 29.0. The Morgan fingerprint density at radius 3 is 2.22 bits per heavy atom. The van der Waals surface area contributed by atoms with E-state index in [4.69, 9.17) is 5.26 Å². The number of nitrogens with zero attached hydrogens (tertiary/aromatic N) is 3. The minimum Gasteiger partial charge on any atom is -0.369 e. The average Bonchev–Trinajstić information content (AvgIpc) is 2.98.